The number of nitriles is 1. The van der Waals surface area contributed by atoms with Crippen molar-refractivity contribution in [3.63, 3.8) is 0 Å². The molecular formula is C18H23NO10. The summed E-state index contributed by atoms with van der Waals surface area (Å²) < 4.78 is 15.8. The van der Waals surface area contributed by atoms with E-state index in [1.54, 1.807) is 13.8 Å². The summed E-state index contributed by atoms with van der Waals surface area (Å²) in [6, 6.07) is 3.70. The van der Waals surface area contributed by atoms with Crippen LogP contribution in [0, 0.1) is 17.2 Å². The Labute approximate surface area is 165 Å². The Morgan fingerprint density at radius 3 is 2.28 bits per heavy atom. The minimum absolute atomic E-state index is 0.284. The summed E-state index contributed by atoms with van der Waals surface area (Å²) in [6.45, 7) is 2.60. The number of phenols is 3. The maximum absolute atomic E-state index is 12.1. The van der Waals surface area contributed by atoms with Crippen molar-refractivity contribution < 1.29 is 49.6 Å². The minimum atomic E-state index is -1.66. The van der Waals surface area contributed by atoms with Crippen molar-refractivity contribution in [2.45, 2.75) is 50.7 Å². The van der Waals surface area contributed by atoms with E-state index in [-0.39, 0.29) is 5.56 Å². The highest BCUT2D eigenvalue weighted by atomic mass is 16.7. The fraction of sp³-hybridized carbons (Fsp3) is 0.556. The van der Waals surface area contributed by atoms with Gasteiger partial charge in [-0.3, -0.25) is 0 Å². The van der Waals surface area contributed by atoms with Crippen molar-refractivity contribution in [1.29, 1.82) is 5.26 Å². The highest BCUT2D eigenvalue weighted by Crippen LogP contribution is 2.35. The Balaban J connectivity index is 2.05. The first-order chi connectivity index (χ1) is 13.6. The van der Waals surface area contributed by atoms with E-state index in [4.69, 9.17) is 19.5 Å². The van der Waals surface area contributed by atoms with Crippen LogP contribution in [-0.4, -0.2) is 80.0 Å². The van der Waals surface area contributed by atoms with Crippen molar-refractivity contribution in [1.82, 2.24) is 0 Å². The Hall–Kier alpha value is -2.62. The lowest BCUT2D eigenvalue weighted by Crippen LogP contribution is -2.60. The van der Waals surface area contributed by atoms with Gasteiger partial charge in [-0.2, -0.15) is 5.26 Å². The van der Waals surface area contributed by atoms with Crippen LogP contribution in [0.1, 0.15) is 24.2 Å². The van der Waals surface area contributed by atoms with E-state index in [2.05, 4.69) is 0 Å². The summed E-state index contributed by atoms with van der Waals surface area (Å²) in [5.41, 5.74) is -0.284. The molecule has 0 amide bonds. The van der Waals surface area contributed by atoms with E-state index >= 15 is 0 Å². The van der Waals surface area contributed by atoms with Crippen LogP contribution in [0.3, 0.4) is 0 Å². The van der Waals surface area contributed by atoms with Crippen LogP contribution in [0.4, 0.5) is 0 Å². The quantitative estimate of drug-likeness (QED) is 0.256. The summed E-state index contributed by atoms with van der Waals surface area (Å²) in [6.07, 6.45) is -8.19. The fourth-order valence-corrected chi connectivity index (χ4v) is 2.56. The molecule has 1 fully saturated rings. The lowest BCUT2D eigenvalue weighted by Gasteiger charge is -2.41. The number of esters is 1. The largest absolute Gasteiger partial charge is 0.504 e. The molecular weight excluding hydrogens is 390 g/mol. The van der Waals surface area contributed by atoms with Crippen molar-refractivity contribution in [3.05, 3.63) is 17.7 Å². The molecule has 1 aromatic carbocycles. The van der Waals surface area contributed by atoms with Crippen molar-refractivity contribution in [2.24, 2.45) is 5.92 Å². The molecule has 1 aliphatic heterocycles. The molecule has 1 saturated heterocycles. The second kappa shape index (κ2) is 9.25. The number of rotatable bonds is 6. The van der Waals surface area contributed by atoms with E-state index in [0.717, 1.165) is 12.1 Å². The van der Waals surface area contributed by atoms with Crippen LogP contribution in [0.25, 0.3) is 0 Å². The molecule has 0 aliphatic carbocycles. The Morgan fingerprint density at radius 1 is 1.14 bits per heavy atom. The Bertz CT molecular complexity index is 755. The second-order valence-electron chi connectivity index (χ2n) is 6.74. The maximum Gasteiger partial charge on any atom is 0.338 e. The van der Waals surface area contributed by atoms with E-state index in [1.807, 2.05) is 6.07 Å². The summed E-state index contributed by atoms with van der Waals surface area (Å²) in [7, 11) is 0. The van der Waals surface area contributed by atoms with Crippen LogP contribution in [0.15, 0.2) is 12.1 Å². The average molecular weight is 413 g/mol. The lowest BCUT2D eigenvalue weighted by atomic mass is 9.99. The third-order valence-corrected chi connectivity index (χ3v) is 4.61. The van der Waals surface area contributed by atoms with E-state index < -0.39 is 72.6 Å². The van der Waals surface area contributed by atoms with Gasteiger partial charge in [-0.05, 0) is 26.0 Å². The number of phenolic OH excluding ortho intramolecular Hbond substituents is 3. The molecule has 7 atom stereocenters. The molecule has 29 heavy (non-hydrogen) atoms. The zero-order valence-electron chi connectivity index (χ0n) is 15.7. The number of ether oxygens (including phenoxy) is 3. The first-order valence-electron chi connectivity index (χ1n) is 8.73. The number of aliphatic hydroxyl groups excluding tert-OH is 3. The first kappa shape index (κ1) is 22.7. The lowest BCUT2D eigenvalue weighted by molar-refractivity contribution is -0.311. The molecule has 11 heteroatoms. The van der Waals surface area contributed by atoms with Gasteiger partial charge in [0.25, 0.3) is 0 Å². The molecule has 0 bridgehead atoms. The standard InChI is InChI=1S/C18H23NO10/c1-7(5-19)8(2)28-18-16(25)15(24)14(23)12(29-18)6-27-17(26)9-3-10(20)13(22)11(21)4-9/h3-4,7-8,12,14-16,18,20-25H,6H2,1-2H3/t7-,8+,12-,14-,15+,16-,18-/m1/s1. The predicted molar refractivity (Wildman–Crippen MR) is 93.7 cm³/mol. The zero-order chi connectivity index (χ0) is 21.9. The molecule has 0 saturated carbocycles. The third-order valence-electron chi connectivity index (χ3n) is 4.61. The molecule has 6 N–H and O–H groups in total. The van der Waals surface area contributed by atoms with Gasteiger partial charge in [0, 0.05) is 0 Å². The SMILES string of the molecule is C[C@H](C#N)[C@H](C)O[C@@H]1O[C@H](COC(=O)c2cc(O)c(O)c(O)c2)[C@@H](O)[C@H](O)[C@H]1O. The van der Waals surface area contributed by atoms with Gasteiger partial charge < -0.3 is 44.8 Å². The monoisotopic (exact) mass is 413 g/mol. The number of benzene rings is 1. The molecule has 11 nitrogen and oxygen atoms in total. The minimum Gasteiger partial charge on any atom is -0.504 e. The summed E-state index contributed by atoms with van der Waals surface area (Å²) in [5.74, 6) is -3.83. The van der Waals surface area contributed by atoms with Gasteiger partial charge in [0.2, 0.25) is 0 Å². The summed E-state index contributed by atoms with van der Waals surface area (Å²) in [4.78, 5) is 12.1. The van der Waals surface area contributed by atoms with Crippen LogP contribution >= 0.6 is 0 Å². The summed E-state index contributed by atoms with van der Waals surface area (Å²) in [5, 5.41) is 67.3. The smallest absolute Gasteiger partial charge is 0.338 e. The first-order valence-corrected chi connectivity index (χ1v) is 8.73. The number of hydrogen-bond acceptors (Lipinski definition) is 11. The van der Waals surface area contributed by atoms with Gasteiger partial charge in [-0.15, -0.1) is 0 Å². The average Bonchev–Trinajstić information content (AvgIpc) is 2.69. The van der Waals surface area contributed by atoms with Gasteiger partial charge in [0.1, 0.15) is 31.0 Å². The molecule has 1 aromatic rings. The van der Waals surface area contributed by atoms with Gasteiger partial charge in [-0.25, -0.2) is 4.79 Å². The molecule has 160 valence electrons. The van der Waals surface area contributed by atoms with E-state index in [9.17, 15) is 35.4 Å². The van der Waals surface area contributed by atoms with Crippen LogP contribution in [0.5, 0.6) is 17.2 Å². The highest BCUT2D eigenvalue weighted by molar-refractivity contribution is 5.91. The van der Waals surface area contributed by atoms with Gasteiger partial charge in [0.15, 0.2) is 23.5 Å². The van der Waals surface area contributed by atoms with Crippen LogP contribution in [0.2, 0.25) is 0 Å². The molecule has 0 aromatic heterocycles. The summed E-state index contributed by atoms with van der Waals surface area (Å²) >= 11 is 0. The normalized spacial score (nSPS) is 28.9. The third kappa shape index (κ3) is 5.06. The molecule has 0 spiro atoms. The molecule has 1 heterocycles. The number of aliphatic hydroxyl groups is 3. The Kier molecular flexibility index (Phi) is 7.23. The zero-order valence-corrected chi connectivity index (χ0v) is 15.7. The molecule has 2 rings (SSSR count). The van der Waals surface area contributed by atoms with Crippen LogP contribution < -0.4 is 0 Å². The highest BCUT2D eigenvalue weighted by Gasteiger charge is 2.45. The van der Waals surface area contributed by atoms with Gasteiger partial charge >= 0.3 is 5.97 Å². The number of carbonyl (C=O) groups is 1. The topological polar surface area (TPSA) is 190 Å². The van der Waals surface area contributed by atoms with Crippen molar-refractivity contribution in [3.8, 4) is 23.3 Å². The Morgan fingerprint density at radius 2 is 1.72 bits per heavy atom. The predicted octanol–water partition coefficient (Wildman–Crippen LogP) is -0.667. The second-order valence-corrected chi connectivity index (χ2v) is 6.74. The molecule has 1 aliphatic rings. The number of carbonyl (C=O) groups excluding carboxylic acids is 1. The fourth-order valence-electron chi connectivity index (χ4n) is 2.56. The molecule has 0 radical (unpaired) electrons. The van der Waals surface area contributed by atoms with Crippen molar-refractivity contribution >= 4 is 5.97 Å². The number of hydrogen-bond donors (Lipinski definition) is 6. The van der Waals surface area contributed by atoms with Gasteiger partial charge in [-0.1, -0.05) is 0 Å². The van der Waals surface area contributed by atoms with E-state index in [0.29, 0.717) is 0 Å². The van der Waals surface area contributed by atoms with E-state index in [1.165, 1.54) is 0 Å². The number of nitrogens with zero attached hydrogens (tertiary/aromatic N) is 1. The van der Waals surface area contributed by atoms with Crippen molar-refractivity contribution in [2.75, 3.05) is 6.61 Å². The molecule has 0 unspecified atom stereocenters. The maximum atomic E-state index is 12.1. The van der Waals surface area contributed by atoms with Crippen LogP contribution in [-0.2, 0) is 14.2 Å². The van der Waals surface area contributed by atoms with Gasteiger partial charge in [0.05, 0.1) is 23.7 Å². The number of aromatic hydroxyl groups is 3.